The lowest BCUT2D eigenvalue weighted by Crippen LogP contribution is -2.42. The molecule has 1 heterocycles. The lowest BCUT2D eigenvalue weighted by molar-refractivity contribution is -0.144. The molecule has 0 saturated carbocycles. The summed E-state index contributed by atoms with van der Waals surface area (Å²) in [6.45, 7) is -1.04. The number of halogens is 5. The fourth-order valence-electron chi connectivity index (χ4n) is 2.20. The largest absolute Gasteiger partial charge is 0.479 e. The summed E-state index contributed by atoms with van der Waals surface area (Å²) in [7, 11) is 0. The molecule has 1 aromatic carbocycles. The van der Waals surface area contributed by atoms with Gasteiger partial charge in [0.1, 0.15) is 23.9 Å². The van der Waals surface area contributed by atoms with E-state index >= 15 is 0 Å². The van der Waals surface area contributed by atoms with Crippen molar-refractivity contribution in [2.75, 3.05) is 6.61 Å². The van der Waals surface area contributed by atoms with Crippen LogP contribution in [0.15, 0.2) is 27.8 Å². The number of rotatable bonds is 4. The number of hydrogen-bond donors (Lipinski definition) is 0. The van der Waals surface area contributed by atoms with E-state index in [4.69, 9.17) is 29.2 Å². The van der Waals surface area contributed by atoms with Gasteiger partial charge < -0.3 is 4.74 Å². The summed E-state index contributed by atoms with van der Waals surface area (Å²) in [6, 6.07) is 1.76. The molecule has 2 aromatic rings. The van der Waals surface area contributed by atoms with E-state index in [-0.39, 0.29) is 32.6 Å². The molecule has 0 atom stereocenters. The van der Waals surface area contributed by atoms with Crippen LogP contribution in [0.5, 0.6) is 5.75 Å². The molecule has 5 nitrogen and oxygen atoms in total. The quantitative estimate of drug-likeness (QED) is 0.585. The third-order valence-electron chi connectivity index (χ3n) is 3.29. The Labute approximate surface area is 154 Å². The van der Waals surface area contributed by atoms with Crippen LogP contribution in [0, 0.1) is 30.5 Å². The average Bonchev–Trinajstić information content (AvgIpc) is 2.57. The normalized spacial score (nSPS) is 10.9. The maximum absolute atomic E-state index is 14.3. The Morgan fingerprint density at radius 3 is 2.37 bits per heavy atom. The number of nitrogens with zero attached hydrogens (tertiary/aromatic N) is 2. The number of aromatic nitrogens is 2. The van der Waals surface area contributed by atoms with E-state index < -0.39 is 41.2 Å². The van der Waals surface area contributed by atoms with E-state index in [0.717, 1.165) is 12.1 Å². The third kappa shape index (κ3) is 3.99. The van der Waals surface area contributed by atoms with Gasteiger partial charge in [-0.3, -0.25) is 9.36 Å². The Hall–Kier alpha value is -3.17. The molecule has 140 valence electrons. The van der Waals surface area contributed by atoms with Crippen LogP contribution < -0.4 is 16.0 Å². The minimum atomic E-state index is -5.02. The number of alkyl halides is 3. The zero-order chi connectivity index (χ0) is 20.4. The van der Waals surface area contributed by atoms with Crippen LogP contribution in [0.2, 0.25) is 5.02 Å². The molecular formula is C17H9ClF4N2O3. The third-order valence-corrected chi connectivity index (χ3v) is 3.58. The van der Waals surface area contributed by atoms with Crippen molar-refractivity contribution in [3.8, 4) is 36.1 Å². The van der Waals surface area contributed by atoms with Crippen LogP contribution in [-0.4, -0.2) is 15.7 Å². The molecule has 0 spiro atoms. The van der Waals surface area contributed by atoms with Crippen molar-refractivity contribution in [3.63, 3.8) is 0 Å². The molecule has 1 aromatic heterocycles. The first-order valence-corrected chi connectivity index (χ1v) is 7.42. The van der Waals surface area contributed by atoms with Gasteiger partial charge in [0.25, 0.3) is 5.56 Å². The lowest BCUT2D eigenvalue weighted by Gasteiger charge is -2.16. The highest BCUT2D eigenvalue weighted by molar-refractivity contribution is 6.32. The summed E-state index contributed by atoms with van der Waals surface area (Å²) in [4.78, 5) is 24.6. The molecule has 0 bridgehead atoms. The van der Waals surface area contributed by atoms with Gasteiger partial charge in [-0.05, 0) is 6.07 Å². The molecule has 0 aliphatic heterocycles. The molecule has 27 heavy (non-hydrogen) atoms. The predicted octanol–water partition coefficient (Wildman–Crippen LogP) is 2.46. The summed E-state index contributed by atoms with van der Waals surface area (Å²) in [6.07, 6.45) is 5.02. The second-order valence-corrected chi connectivity index (χ2v) is 5.41. The molecule has 0 radical (unpaired) electrons. The fourth-order valence-corrected chi connectivity index (χ4v) is 2.40. The molecular weight excluding hydrogens is 392 g/mol. The van der Waals surface area contributed by atoms with Gasteiger partial charge in [-0.1, -0.05) is 23.4 Å². The van der Waals surface area contributed by atoms with Crippen molar-refractivity contribution in [3.05, 3.63) is 55.6 Å². The average molecular weight is 401 g/mol. The standard InChI is InChI=1S/C17H9ClF4N2O3/c1-3-5-23-14(17(20,21)22)9-15(25)24(16(23)26)12-8-13(27-6-4-2)10(18)7-11(12)19/h1-2,7-9H,5-6H2. The highest BCUT2D eigenvalue weighted by Gasteiger charge is 2.36. The van der Waals surface area contributed by atoms with Crippen molar-refractivity contribution >= 4 is 11.6 Å². The molecule has 10 heteroatoms. The maximum Gasteiger partial charge on any atom is 0.431 e. The second kappa shape index (κ2) is 7.60. The van der Waals surface area contributed by atoms with Crippen molar-refractivity contribution in [1.82, 2.24) is 9.13 Å². The van der Waals surface area contributed by atoms with Gasteiger partial charge in [-0.2, -0.15) is 13.2 Å². The minimum absolute atomic E-state index is 0.136. The van der Waals surface area contributed by atoms with Crippen LogP contribution >= 0.6 is 11.6 Å². The van der Waals surface area contributed by atoms with Gasteiger partial charge in [-0.25, -0.2) is 13.8 Å². The molecule has 0 aliphatic rings. The molecule has 0 fully saturated rings. The summed E-state index contributed by atoms with van der Waals surface area (Å²) in [5.74, 6) is 2.71. The van der Waals surface area contributed by atoms with E-state index in [9.17, 15) is 27.2 Å². The van der Waals surface area contributed by atoms with Gasteiger partial charge >= 0.3 is 11.9 Å². The fraction of sp³-hybridized carbons (Fsp3) is 0.176. The number of terminal acetylenes is 2. The van der Waals surface area contributed by atoms with Gasteiger partial charge in [0.2, 0.25) is 0 Å². The van der Waals surface area contributed by atoms with E-state index in [2.05, 4.69) is 5.92 Å². The van der Waals surface area contributed by atoms with Crippen LogP contribution in [0.25, 0.3) is 5.69 Å². The molecule has 0 N–H and O–H groups in total. The van der Waals surface area contributed by atoms with Crippen LogP contribution in [0.4, 0.5) is 17.6 Å². The zero-order valence-corrected chi connectivity index (χ0v) is 14.1. The van der Waals surface area contributed by atoms with Crippen LogP contribution in [0.1, 0.15) is 5.69 Å². The summed E-state index contributed by atoms with van der Waals surface area (Å²) in [5.41, 5.74) is -5.10. The number of benzene rings is 1. The number of ether oxygens (including phenoxy) is 1. The molecule has 0 unspecified atom stereocenters. The Balaban J connectivity index is 2.83. The lowest BCUT2D eigenvalue weighted by atomic mass is 10.2. The van der Waals surface area contributed by atoms with Gasteiger partial charge in [0.05, 0.1) is 17.3 Å². The first-order valence-electron chi connectivity index (χ1n) is 7.05. The molecule has 2 rings (SSSR count). The molecule has 0 aliphatic carbocycles. The Morgan fingerprint density at radius 2 is 1.81 bits per heavy atom. The van der Waals surface area contributed by atoms with Crippen molar-refractivity contribution in [2.24, 2.45) is 0 Å². The van der Waals surface area contributed by atoms with Gasteiger partial charge in [0, 0.05) is 12.1 Å². The van der Waals surface area contributed by atoms with E-state index in [1.807, 2.05) is 5.92 Å². The Kier molecular flexibility index (Phi) is 5.67. The SMILES string of the molecule is C#CCOc1cc(-n2c(=O)cc(C(F)(F)F)n(CC#C)c2=O)c(F)cc1Cl. The van der Waals surface area contributed by atoms with Crippen LogP contribution in [-0.2, 0) is 12.7 Å². The predicted molar refractivity (Wildman–Crippen MR) is 89.4 cm³/mol. The van der Waals surface area contributed by atoms with Gasteiger partial charge in [0.15, 0.2) is 0 Å². The Bertz CT molecular complexity index is 1090. The second-order valence-electron chi connectivity index (χ2n) is 5.00. The first kappa shape index (κ1) is 20.1. The van der Waals surface area contributed by atoms with E-state index in [0.29, 0.717) is 0 Å². The first-order chi connectivity index (χ1) is 12.6. The van der Waals surface area contributed by atoms with Crippen molar-refractivity contribution < 1.29 is 22.3 Å². The Morgan fingerprint density at radius 1 is 1.15 bits per heavy atom. The molecule has 0 saturated heterocycles. The van der Waals surface area contributed by atoms with Crippen LogP contribution in [0.3, 0.4) is 0 Å². The highest BCUT2D eigenvalue weighted by Crippen LogP contribution is 2.30. The van der Waals surface area contributed by atoms with E-state index in [1.54, 1.807) is 0 Å². The van der Waals surface area contributed by atoms with Crippen molar-refractivity contribution in [1.29, 1.82) is 0 Å². The van der Waals surface area contributed by atoms with Gasteiger partial charge in [-0.15, -0.1) is 12.8 Å². The minimum Gasteiger partial charge on any atom is -0.479 e. The zero-order valence-electron chi connectivity index (χ0n) is 13.3. The summed E-state index contributed by atoms with van der Waals surface area (Å²) < 4.78 is 59.0. The number of hydrogen-bond acceptors (Lipinski definition) is 3. The highest BCUT2D eigenvalue weighted by atomic mass is 35.5. The summed E-state index contributed by atoms with van der Waals surface area (Å²) >= 11 is 5.79. The monoisotopic (exact) mass is 400 g/mol. The topological polar surface area (TPSA) is 53.2 Å². The van der Waals surface area contributed by atoms with Crippen molar-refractivity contribution in [2.45, 2.75) is 12.7 Å². The maximum atomic E-state index is 14.3. The van der Waals surface area contributed by atoms with E-state index in [1.165, 1.54) is 0 Å². The summed E-state index contributed by atoms with van der Waals surface area (Å²) in [5, 5.41) is -0.213. The smallest absolute Gasteiger partial charge is 0.431 e. The molecule has 0 amide bonds.